The quantitative estimate of drug-likeness (QED) is 0.638. The minimum absolute atomic E-state index is 0.107. The summed E-state index contributed by atoms with van der Waals surface area (Å²) in [5.41, 5.74) is 1.05. The molecule has 3 heterocycles. The molecule has 0 bridgehead atoms. The molecule has 116 valence electrons. The summed E-state index contributed by atoms with van der Waals surface area (Å²) in [5, 5.41) is 4.47. The van der Waals surface area contributed by atoms with Gasteiger partial charge in [-0.3, -0.25) is 0 Å². The summed E-state index contributed by atoms with van der Waals surface area (Å²) in [6.07, 6.45) is 1.41. The number of alkyl halides is 1. The fourth-order valence-electron chi connectivity index (χ4n) is 2.73. The smallest absolute Gasteiger partial charge is 0.217 e. The van der Waals surface area contributed by atoms with Gasteiger partial charge >= 0.3 is 0 Å². The highest BCUT2D eigenvalue weighted by atomic mass is 32.3. The zero-order valence-electron chi connectivity index (χ0n) is 12.4. The maximum absolute atomic E-state index is 14.3. The van der Waals surface area contributed by atoms with Crippen molar-refractivity contribution in [3.05, 3.63) is 54.1 Å². The molecule has 0 N–H and O–H groups in total. The molecule has 6 heteroatoms. The fraction of sp³-hybridized carbons (Fsp3) is 0.375. The molecule has 0 amide bonds. The van der Waals surface area contributed by atoms with Gasteiger partial charge in [0.25, 0.3) is 0 Å². The molecule has 2 unspecified atom stereocenters. The topological polar surface area (TPSA) is 39.9 Å². The fourth-order valence-corrected chi connectivity index (χ4v) is 4.40. The number of rotatable bonds is 4. The molecule has 2 aliphatic rings. The Labute approximate surface area is 130 Å². The molecule has 0 aliphatic carbocycles. The van der Waals surface area contributed by atoms with E-state index in [4.69, 9.17) is 4.18 Å². The molecule has 1 aromatic heterocycles. The third-order valence-electron chi connectivity index (χ3n) is 4.18. The van der Waals surface area contributed by atoms with Crippen molar-refractivity contribution in [3.8, 4) is 0 Å². The molecule has 2 atom stereocenters. The van der Waals surface area contributed by atoms with Crippen LogP contribution >= 0.6 is 10.3 Å². The van der Waals surface area contributed by atoms with Crippen molar-refractivity contribution < 1.29 is 8.57 Å². The van der Waals surface area contributed by atoms with E-state index in [-0.39, 0.29) is 6.04 Å². The van der Waals surface area contributed by atoms with Gasteiger partial charge in [0.1, 0.15) is 0 Å². The Morgan fingerprint density at radius 3 is 2.77 bits per heavy atom. The first-order chi connectivity index (χ1) is 10.6. The van der Waals surface area contributed by atoms with Crippen LogP contribution in [0.15, 0.2) is 36.9 Å². The number of aromatic nitrogens is 3. The van der Waals surface area contributed by atoms with Gasteiger partial charge < -0.3 is 4.18 Å². The predicted octanol–water partition coefficient (Wildman–Crippen LogP) is 3.63. The van der Waals surface area contributed by atoms with Gasteiger partial charge in [-0.15, -0.1) is 5.10 Å². The number of hydrogen-bond acceptors (Lipinski definition) is 3. The van der Waals surface area contributed by atoms with Crippen LogP contribution in [0.25, 0.3) is 5.76 Å². The van der Waals surface area contributed by atoms with Crippen LogP contribution in [0.1, 0.15) is 35.8 Å². The Bertz CT molecular complexity index is 726. The SMILES string of the molecule is C=C(OS1(C)CC1)c1nc2n(n1)C(c1ccccc1)CC2F. The van der Waals surface area contributed by atoms with Gasteiger partial charge in [-0.25, -0.2) is 14.1 Å². The molecule has 4 nitrogen and oxygen atoms in total. The summed E-state index contributed by atoms with van der Waals surface area (Å²) in [4.78, 5) is 4.33. The molecule has 1 aromatic carbocycles. The summed E-state index contributed by atoms with van der Waals surface area (Å²) in [7, 11) is -0.976. The van der Waals surface area contributed by atoms with E-state index in [0.29, 0.717) is 23.8 Å². The maximum atomic E-state index is 14.3. The minimum atomic E-state index is -1.09. The summed E-state index contributed by atoms with van der Waals surface area (Å²) in [6.45, 7) is 3.92. The average Bonchev–Trinajstić information content (AvgIpc) is 2.97. The average molecular weight is 319 g/mol. The molecule has 1 fully saturated rings. The first kappa shape index (κ1) is 13.8. The zero-order chi connectivity index (χ0) is 15.3. The molecule has 2 aliphatic heterocycles. The van der Waals surface area contributed by atoms with Crippen molar-refractivity contribution in [2.24, 2.45) is 0 Å². The lowest BCUT2D eigenvalue weighted by Gasteiger charge is -2.16. The van der Waals surface area contributed by atoms with Crippen LogP contribution in [-0.2, 0) is 4.18 Å². The van der Waals surface area contributed by atoms with E-state index in [1.807, 2.05) is 30.3 Å². The van der Waals surface area contributed by atoms with Gasteiger partial charge in [-0.05, 0) is 11.8 Å². The largest absolute Gasteiger partial charge is 0.446 e. The molecule has 0 saturated carbocycles. The highest BCUT2D eigenvalue weighted by molar-refractivity contribution is 8.35. The molecule has 0 spiro atoms. The Morgan fingerprint density at radius 2 is 2.09 bits per heavy atom. The second kappa shape index (κ2) is 4.84. The van der Waals surface area contributed by atoms with Crippen LogP contribution in [0.2, 0.25) is 0 Å². The highest BCUT2D eigenvalue weighted by Crippen LogP contribution is 2.61. The molecule has 1 saturated heterocycles. The maximum Gasteiger partial charge on any atom is 0.217 e. The summed E-state index contributed by atoms with van der Waals surface area (Å²) in [6, 6.07) is 9.75. The van der Waals surface area contributed by atoms with Gasteiger partial charge in [0, 0.05) is 17.9 Å². The molecular formula is C16H18FN3OS. The first-order valence-corrected chi connectivity index (χ1v) is 9.64. The summed E-state index contributed by atoms with van der Waals surface area (Å²) < 4.78 is 21.9. The van der Waals surface area contributed by atoms with E-state index in [2.05, 4.69) is 22.9 Å². The van der Waals surface area contributed by atoms with Crippen molar-refractivity contribution in [1.82, 2.24) is 14.8 Å². The van der Waals surface area contributed by atoms with Crippen LogP contribution in [-0.4, -0.2) is 32.5 Å². The third-order valence-corrected chi connectivity index (χ3v) is 6.34. The second-order valence-electron chi connectivity index (χ2n) is 5.97. The normalized spacial score (nSPS) is 26.3. The molecule has 2 aromatic rings. The number of hydrogen-bond donors (Lipinski definition) is 0. The summed E-state index contributed by atoms with van der Waals surface area (Å²) in [5.74, 6) is 3.45. The molecule has 22 heavy (non-hydrogen) atoms. The zero-order valence-corrected chi connectivity index (χ0v) is 13.2. The van der Waals surface area contributed by atoms with E-state index in [9.17, 15) is 4.39 Å². The lowest BCUT2D eigenvalue weighted by atomic mass is 10.0. The second-order valence-corrected chi connectivity index (χ2v) is 9.32. The first-order valence-electron chi connectivity index (χ1n) is 7.34. The van der Waals surface area contributed by atoms with Crippen LogP contribution in [0.4, 0.5) is 4.39 Å². The van der Waals surface area contributed by atoms with Gasteiger partial charge in [0.15, 0.2) is 17.8 Å². The lowest BCUT2D eigenvalue weighted by molar-refractivity contribution is 0.328. The van der Waals surface area contributed by atoms with E-state index < -0.39 is 16.5 Å². The monoisotopic (exact) mass is 319 g/mol. The molecular weight excluding hydrogens is 301 g/mol. The van der Waals surface area contributed by atoms with Gasteiger partial charge in [-0.2, -0.15) is 0 Å². The standard InChI is InChI=1S/C16H18FN3OS/c1-11(21-22(2)8-9-22)15-18-16-13(17)10-14(20(16)19-15)12-6-4-3-5-7-12/h3-7,13-14H,1,8-10H2,2H3. The Kier molecular flexibility index (Phi) is 3.04. The van der Waals surface area contributed by atoms with Gasteiger partial charge in [0.2, 0.25) is 5.82 Å². The van der Waals surface area contributed by atoms with E-state index in [0.717, 1.165) is 17.1 Å². The van der Waals surface area contributed by atoms with Crippen molar-refractivity contribution in [2.75, 3.05) is 17.8 Å². The van der Waals surface area contributed by atoms with Crippen molar-refractivity contribution in [1.29, 1.82) is 0 Å². The minimum Gasteiger partial charge on any atom is -0.446 e. The number of halogens is 1. The third kappa shape index (κ3) is 2.31. The number of benzene rings is 1. The lowest BCUT2D eigenvalue weighted by Crippen LogP contribution is -2.07. The number of fused-ring (bicyclic) bond motifs is 1. The van der Waals surface area contributed by atoms with Crippen LogP contribution in [0, 0.1) is 0 Å². The molecule has 4 rings (SSSR count). The van der Waals surface area contributed by atoms with Crippen LogP contribution < -0.4 is 0 Å². The van der Waals surface area contributed by atoms with E-state index >= 15 is 0 Å². The Hall–Kier alpha value is -1.82. The molecule has 0 radical (unpaired) electrons. The van der Waals surface area contributed by atoms with Crippen LogP contribution in [0.3, 0.4) is 0 Å². The van der Waals surface area contributed by atoms with Crippen molar-refractivity contribution in [3.63, 3.8) is 0 Å². The van der Waals surface area contributed by atoms with Crippen LogP contribution in [0.5, 0.6) is 0 Å². The Morgan fingerprint density at radius 1 is 1.36 bits per heavy atom. The Balaban J connectivity index is 1.64. The summed E-state index contributed by atoms with van der Waals surface area (Å²) >= 11 is 0. The van der Waals surface area contributed by atoms with E-state index in [1.54, 1.807) is 4.68 Å². The number of nitrogens with zero attached hydrogens (tertiary/aromatic N) is 3. The van der Waals surface area contributed by atoms with Crippen molar-refractivity contribution in [2.45, 2.75) is 18.6 Å². The highest BCUT2D eigenvalue weighted by Gasteiger charge is 2.38. The predicted molar refractivity (Wildman–Crippen MR) is 86.4 cm³/mol. The van der Waals surface area contributed by atoms with Crippen molar-refractivity contribution >= 4 is 16.1 Å². The van der Waals surface area contributed by atoms with E-state index in [1.165, 1.54) is 0 Å². The van der Waals surface area contributed by atoms with Gasteiger partial charge in [0.05, 0.1) is 6.04 Å². The van der Waals surface area contributed by atoms with Gasteiger partial charge in [-0.1, -0.05) is 47.2 Å².